The zero-order valence-electron chi connectivity index (χ0n) is 16.6. The molecule has 4 aromatic rings. The van der Waals surface area contributed by atoms with E-state index in [2.05, 4.69) is 23.5 Å². The summed E-state index contributed by atoms with van der Waals surface area (Å²) in [4.78, 5) is 12.8. The number of benzene rings is 4. The second kappa shape index (κ2) is 8.46. The maximum atomic E-state index is 12.8. The van der Waals surface area contributed by atoms with E-state index in [1.807, 2.05) is 79.7 Å². The van der Waals surface area contributed by atoms with Crippen LogP contribution in [0.3, 0.4) is 0 Å². The van der Waals surface area contributed by atoms with Crippen LogP contribution in [0.4, 0.5) is 5.69 Å². The van der Waals surface area contributed by atoms with E-state index in [4.69, 9.17) is 5.26 Å². The first-order valence-electron chi connectivity index (χ1n) is 9.72. The number of carbonyl (C=O) groups is 1. The fourth-order valence-corrected chi connectivity index (χ4v) is 3.38. The fraction of sp³-hybridized carbons (Fsp3) is 0.0370. The topological polar surface area (TPSA) is 52.9 Å². The highest BCUT2D eigenvalue weighted by Crippen LogP contribution is 2.26. The standard InChI is InChI=1S/C27H20N2O/c1-19-7-10-24(17-26(19)23-11-8-20(18-28)9-12-23)27(30)29-25-15-13-22(14-16-25)21-5-3-2-4-6-21/h2-17H,1H3,(H,29,30). The number of rotatable bonds is 4. The Morgan fingerprint density at radius 3 is 2.07 bits per heavy atom. The maximum Gasteiger partial charge on any atom is 0.255 e. The molecule has 0 aliphatic rings. The van der Waals surface area contributed by atoms with E-state index in [9.17, 15) is 4.79 Å². The number of aryl methyl sites for hydroxylation is 1. The molecule has 1 amide bonds. The molecule has 3 heteroatoms. The molecule has 3 nitrogen and oxygen atoms in total. The van der Waals surface area contributed by atoms with Gasteiger partial charge in [0, 0.05) is 11.3 Å². The quantitative estimate of drug-likeness (QED) is 0.436. The zero-order chi connectivity index (χ0) is 20.9. The molecule has 4 rings (SSSR count). The monoisotopic (exact) mass is 388 g/mol. The average Bonchev–Trinajstić information content (AvgIpc) is 2.80. The lowest BCUT2D eigenvalue weighted by molar-refractivity contribution is 0.102. The van der Waals surface area contributed by atoms with Gasteiger partial charge >= 0.3 is 0 Å². The third-order valence-corrected chi connectivity index (χ3v) is 5.07. The molecule has 0 aromatic heterocycles. The van der Waals surface area contributed by atoms with Gasteiger partial charge in [-0.1, -0.05) is 60.7 Å². The number of carbonyl (C=O) groups excluding carboxylic acids is 1. The van der Waals surface area contributed by atoms with Crippen molar-refractivity contribution < 1.29 is 4.79 Å². The molecule has 0 saturated carbocycles. The summed E-state index contributed by atoms with van der Waals surface area (Å²) in [5.74, 6) is -0.155. The third kappa shape index (κ3) is 4.14. The van der Waals surface area contributed by atoms with Crippen LogP contribution in [0.2, 0.25) is 0 Å². The van der Waals surface area contributed by atoms with Crippen LogP contribution in [0.1, 0.15) is 21.5 Å². The molecule has 0 bridgehead atoms. The Kier molecular flexibility index (Phi) is 5.41. The van der Waals surface area contributed by atoms with E-state index in [0.29, 0.717) is 11.1 Å². The highest BCUT2D eigenvalue weighted by atomic mass is 16.1. The van der Waals surface area contributed by atoms with Crippen LogP contribution in [0.15, 0.2) is 97.1 Å². The average molecular weight is 388 g/mol. The maximum absolute atomic E-state index is 12.8. The van der Waals surface area contributed by atoms with Gasteiger partial charge in [-0.05, 0) is 71.1 Å². The smallest absolute Gasteiger partial charge is 0.255 e. The molecule has 0 aliphatic carbocycles. The highest BCUT2D eigenvalue weighted by Gasteiger charge is 2.10. The van der Waals surface area contributed by atoms with Gasteiger partial charge in [0.05, 0.1) is 11.6 Å². The second-order valence-electron chi connectivity index (χ2n) is 7.12. The van der Waals surface area contributed by atoms with Gasteiger partial charge < -0.3 is 5.32 Å². The number of nitriles is 1. The van der Waals surface area contributed by atoms with Crippen LogP contribution in [0.25, 0.3) is 22.3 Å². The van der Waals surface area contributed by atoms with Crippen molar-refractivity contribution >= 4 is 11.6 Å². The van der Waals surface area contributed by atoms with E-state index in [1.54, 1.807) is 12.1 Å². The van der Waals surface area contributed by atoms with Crippen molar-refractivity contribution in [2.45, 2.75) is 6.92 Å². The van der Waals surface area contributed by atoms with Crippen molar-refractivity contribution in [3.05, 3.63) is 114 Å². The van der Waals surface area contributed by atoms with Crippen LogP contribution in [-0.2, 0) is 0 Å². The Morgan fingerprint density at radius 1 is 0.767 bits per heavy atom. The van der Waals surface area contributed by atoms with Crippen molar-refractivity contribution in [1.29, 1.82) is 5.26 Å². The Balaban J connectivity index is 1.54. The third-order valence-electron chi connectivity index (χ3n) is 5.07. The first kappa shape index (κ1) is 19.2. The number of hydrogen-bond acceptors (Lipinski definition) is 2. The molecule has 0 saturated heterocycles. The normalized spacial score (nSPS) is 10.3. The van der Waals surface area contributed by atoms with Gasteiger partial charge in [0.15, 0.2) is 0 Å². The molecule has 30 heavy (non-hydrogen) atoms. The van der Waals surface area contributed by atoms with Crippen LogP contribution in [0.5, 0.6) is 0 Å². The summed E-state index contributed by atoms with van der Waals surface area (Å²) in [7, 11) is 0. The molecule has 1 N–H and O–H groups in total. The highest BCUT2D eigenvalue weighted by molar-refractivity contribution is 6.05. The molecule has 0 spiro atoms. The largest absolute Gasteiger partial charge is 0.322 e. The summed E-state index contributed by atoms with van der Waals surface area (Å²) in [5.41, 5.74) is 7.23. The van der Waals surface area contributed by atoms with Gasteiger partial charge in [-0.3, -0.25) is 4.79 Å². The van der Waals surface area contributed by atoms with Crippen molar-refractivity contribution in [3.63, 3.8) is 0 Å². The summed E-state index contributed by atoms with van der Waals surface area (Å²) in [6.45, 7) is 2.01. The SMILES string of the molecule is Cc1ccc(C(=O)Nc2ccc(-c3ccccc3)cc2)cc1-c1ccc(C#N)cc1. The lowest BCUT2D eigenvalue weighted by Crippen LogP contribution is -2.12. The Morgan fingerprint density at radius 2 is 1.40 bits per heavy atom. The molecular formula is C27H20N2O. The molecule has 4 aromatic carbocycles. The van der Waals surface area contributed by atoms with Gasteiger partial charge in [-0.25, -0.2) is 0 Å². The van der Waals surface area contributed by atoms with Gasteiger partial charge in [0.25, 0.3) is 5.91 Å². The first-order valence-corrected chi connectivity index (χ1v) is 9.72. The second-order valence-corrected chi connectivity index (χ2v) is 7.12. The minimum Gasteiger partial charge on any atom is -0.322 e. The molecule has 0 unspecified atom stereocenters. The number of hydrogen-bond donors (Lipinski definition) is 1. The van der Waals surface area contributed by atoms with Crippen LogP contribution < -0.4 is 5.32 Å². The van der Waals surface area contributed by atoms with Gasteiger partial charge in [-0.2, -0.15) is 5.26 Å². The lowest BCUT2D eigenvalue weighted by Gasteiger charge is -2.11. The fourth-order valence-electron chi connectivity index (χ4n) is 3.38. The van der Waals surface area contributed by atoms with E-state index in [1.165, 1.54) is 0 Å². The van der Waals surface area contributed by atoms with E-state index in [0.717, 1.165) is 33.5 Å². The number of anilines is 1. The molecule has 0 aliphatic heterocycles. The molecule has 0 atom stereocenters. The van der Waals surface area contributed by atoms with Crippen LogP contribution in [0, 0.1) is 18.3 Å². The lowest BCUT2D eigenvalue weighted by atomic mass is 9.97. The summed E-state index contributed by atoms with van der Waals surface area (Å²) in [5, 5.41) is 12.0. The predicted octanol–water partition coefficient (Wildman–Crippen LogP) is 6.45. The van der Waals surface area contributed by atoms with Crippen LogP contribution in [-0.4, -0.2) is 5.91 Å². The van der Waals surface area contributed by atoms with Crippen molar-refractivity contribution in [2.75, 3.05) is 5.32 Å². The number of amides is 1. The van der Waals surface area contributed by atoms with Crippen molar-refractivity contribution in [2.24, 2.45) is 0 Å². The summed E-state index contributed by atoms with van der Waals surface area (Å²) < 4.78 is 0. The van der Waals surface area contributed by atoms with Gasteiger partial charge in [0.2, 0.25) is 0 Å². The Hall–Kier alpha value is -4.16. The summed E-state index contributed by atoms with van der Waals surface area (Å²) in [6, 6.07) is 33.1. The number of nitrogens with one attached hydrogen (secondary N) is 1. The molecular weight excluding hydrogens is 368 g/mol. The first-order chi connectivity index (χ1) is 14.6. The summed E-state index contributed by atoms with van der Waals surface area (Å²) in [6.07, 6.45) is 0. The predicted molar refractivity (Wildman–Crippen MR) is 121 cm³/mol. The van der Waals surface area contributed by atoms with E-state index in [-0.39, 0.29) is 5.91 Å². The Bertz CT molecular complexity index is 1220. The van der Waals surface area contributed by atoms with Crippen molar-refractivity contribution in [3.8, 4) is 28.3 Å². The van der Waals surface area contributed by atoms with E-state index < -0.39 is 0 Å². The van der Waals surface area contributed by atoms with Gasteiger partial charge in [0.1, 0.15) is 0 Å². The molecule has 144 valence electrons. The molecule has 0 fully saturated rings. The van der Waals surface area contributed by atoms with Gasteiger partial charge in [-0.15, -0.1) is 0 Å². The Labute approximate surface area is 176 Å². The molecule has 0 radical (unpaired) electrons. The summed E-state index contributed by atoms with van der Waals surface area (Å²) >= 11 is 0. The van der Waals surface area contributed by atoms with Crippen molar-refractivity contribution in [1.82, 2.24) is 0 Å². The van der Waals surface area contributed by atoms with Crippen LogP contribution >= 0.6 is 0 Å². The zero-order valence-corrected chi connectivity index (χ0v) is 16.6. The minimum atomic E-state index is -0.155. The number of nitrogens with zero attached hydrogens (tertiary/aromatic N) is 1. The minimum absolute atomic E-state index is 0.155. The van der Waals surface area contributed by atoms with E-state index >= 15 is 0 Å². The molecule has 0 heterocycles.